The molecular formula is C6H5ClN2O. The minimum Gasteiger partial charge on any atom is -0.411 e. The Labute approximate surface area is 63.0 Å². The number of pyridine rings is 1. The minimum absolute atomic E-state index is 0.525. The Morgan fingerprint density at radius 2 is 2.40 bits per heavy atom. The summed E-state index contributed by atoms with van der Waals surface area (Å²) in [6, 6.07) is 1.65. The number of halogens is 1. The van der Waals surface area contributed by atoms with Crippen LogP contribution in [0.3, 0.4) is 0 Å². The zero-order chi connectivity index (χ0) is 7.40. The third kappa shape index (κ3) is 1.70. The van der Waals surface area contributed by atoms with Crippen LogP contribution >= 0.6 is 11.6 Å². The summed E-state index contributed by atoms with van der Waals surface area (Å²) in [5, 5.41) is 11.5. The van der Waals surface area contributed by atoms with Crippen LogP contribution in [0.2, 0.25) is 5.02 Å². The Kier molecular flexibility index (Phi) is 2.23. The molecule has 0 aliphatic rings. The fraction of sp³-hybridized carbons (Fsp3) is 0. The maximum Gasteiger partial charge on any atom is 0.0749 e. The molecule has 0 unspecified atom stereocenters. The van der Waals surface area contributed by atoms with E-state index in [0.717, 1.165) is 0 Å². The molecular weight excluding hydrogens is 152 g/mol. The molecule has 0 aliphatic carbocycles. The van der Waals surface area contributed by atoms with Crippen LogP contribution in [0.4, 0.5) is 0 Å². The highest BCUT2D eigenvalue weighted by atomic mass is 35.5. The van der Waals surface area contributed by atoms with Gasteiger partial charge in [-0.1, -0.05) is 16.8 Å². The van der Waals surface area contributed by atoms with E-state index in [-0.39, 0.29) is 0 Å². The Morgan fingerprint density at radius 1 is 1.60 bits per heavy atom. The standard InChI is InChI=1S/C6H5ClN2O/c7-6-1-5(3-9-10)2-8-4-6/h1-4,10H/b9-3-. The highest BCUT2D eigenvalue weighted by molar-refractivity contribution is 6.30. The van der Waals surface area contributed by atoms with Gasteiger partial charge in [-0.15, -0.1) is 0 Å². The van der Waals surface area contributed by atoms with Gasteiger partial charge in [0.05, 0.1) is 11.2 Å². The van der Waals surface area contributed by atoms with Crippen molar-refractivity contribution in [3.8, 4) is 0 Å². The average molecular weight is 157 g/mol. The van der Waals surface area contributed by atoms with Gasteiger partial charge in [-0.2, -0.15) is 0 Å². The first-order valence-corrected chi connectivity index (χ1v) is 2.98. The lowest BCUT2D eigenvalue weighted by atomic mass is 10.3. The summed E-state index contributed by atoms with van der Waals surface area (Å²) in [6.45, 7) is 0. The molecule has 0 bridgehead atoms. The first-order valence-electron chi connectivity index (χ1n) is 2.61. The van der Waals surface area contributed by atoms with E-state index >= 15 is 0 Å². The zero-order valence-electron chi connectivity index (χ0n) is 5.03. The Balaban J connectivity index is 2.95. The summed E-state index contributed by atoms with van der Waals surface area (Å²) in [5.41, 5.74) is 0.676. The lowest BCUT2D eigenvalue weighted by molar-refractivity contribution is 0.322. The number of hydrogen-bond donors (Lipinski definition) is 1. The number of oxime groups is 1. The van der Waals surface area contributed by atoms with E-state index in [1.165, 1.54) is 12.4 Å². The van der Waals surface area contributed by atoms with Crippen LogP contribution in [0.1, 0.15) is 5.56 Å². The molecule has 1 aromatic heterocycles. The Bertz CT molecular complexity index is 249. The maximum atomic E-state index is 8.11. The van der Waals surface area contributed by atoms with Gasteiger partial charge in [0.15, 0.2) is 0 Å². The van der Waals surface area contributed by atoms with E-state index in [1.54, 1.807) is 12.3 Å². The summed E-state index contributed by atoms with van der Waals surface area (Å²) < 4.78 is 0. The van der Waals surface area contributed by atoms with Gasteiger partial charge < -0.3 is 5.21 Å². The van der Waals surface area contributed by atoms with Crippen molar-refractivity contribution in [3.05, 3.63) is 29.0 Å². The summed E-state index contributed by atoms with van der Waals surface area (Å²) in [7, 11) is 0. The van der Waals surface area contributed by atoms with Crippen molar-refractivity contribution < 1.29 is 5.21 Å². The van der Waals surface area contributed by atoms with Crippen LogP contribution in [0.5, 0.6) is 0 Å². The molecule has 0 aromatic carbocycles. The van der Waals surface area contributed by atoms with Crippen molar-refractivity contribution in [1.29, 1.82) is 0 Å². The Morgan fingerprint density at radius 3 is 3.00 bits per heavy atom. The highest BCUT2D eigenvalue weighted by Gasteiger charge is 1.89. The van der Waals surface area contributed by atoms with Gasteiger partial charge >= 0.3 is 0 Å². The molecule has 0 spiro atoms. The van der Waals surface area contributed by atoms with Gasteiger partial charge in [0.2, 0.25) is 0 Å². The van der Waals surface area contributed by atoms with Gasteiger partial charge in [0.25, 0.3) is 0 Å². The van der Waals surface area contributed by atoms with Crippen LogP contribution in [-0.4, -0.2) is 16.4 Å². The van der Waals surface area contributed by atoms with E-state index in [0.29, 0.717) is 10.6 Å². The molecule has 0 atom stereocenters. The van der Waals surface area contributed by atoms with Crippen molar-refractivity contribution >= 4 is 17.8 Å². The van der Waals surface area contributed by atoms with E-state index in [4.69, 9.17) is 16.8 Å². The van der Waals surface area contributed by atoms with Crippen LogP contribution in [0, 0.1) is 0 Å². The van der Waals surface area contributed by atoms with Gasteiger partial charge in [0, 0.05) is 18.0 Å². The molecule has 1 rings (SSSR count). The van der Waals surface area contributed by atoms with Crippen LogP contribution < -0.4 is 0 Å². The zero-order valence-corrected chi connectivity index (χ0v) is 5.78. The van der Waals surface area contributed by atoms with Gasteiger partial charge in [-0.3, -0.25) is 4.98 Å². The van der Waals surface area contributed by atoms with Crippen molar-refractivity contribution in [2.45, 2.75) is 0 Å². The minimum atomic E-state index is 0.525. The molecule has 0 radical (unpaired) electrons. The van der Waals surface area contributed by atoms with Crippen molar-refractivity contribution in [2.24, 2.45) is 5.16 Å². The third-order valence-electron chi connectivity index (χ3n) is 0.933. The van der Waals surface area contributed by atoms with Gasteiger partial charge in [0.1, 0.15) is 0 Å². The molecule has 0 aliphatic heterocycles. The molecule has 1 aromatic rings. The molecule has 1 heterocycles. The van der Waals surface area contributed by atoms with E-state index in [2.05, 4.69) is 10.1 Å². The van der Waals surface area contributed by atoms with E-state index < -0.39 is 0 Å². The number of aromatic nitrogens is 1. The second-order valence-electron chi connectivity index (χ2n) is 1.68. The number of nitrogens with zero attached hydrogens (tertiary/aromatic N) is 2. The summed E-state index contributed by atoms with van der Waals surface area (Å²) in [6.07, 6.45) is 4.32. The predicted molar refractivity (Wildman–Crippen MR) is 38.6 cm³/mol. The fourth-order valence-electron chi connectivity index (χ4n) is 0.566. The van der Waals surface area contributed by atoms with E-state index in [9.17, 15) is 0 Å². The molecule has 3 nitrogen and oxygen atoms in total. The maximum absolute atomic E-state index is 8.11. The predicted octanol–water partition coefficient (Wildman–Crippen LogP) is 1.54. The number of hydrogen-bond acceptors (Lipinski definition) is 3. The first kappa shape index (κ1) is 7.02. The average Bonchev–Trinajstić information content (AvgIpc) is 1.88. The summed E-state index contributed by atoms with van der Waals surface area (Å²) in [5.74, 6) is 0. The second-order valence-corrected chi connectivity index (χ2v) is 2.12. The molecule has 10 heavy (non-hydrogen) atoms. The smallest absolute Gasteiger partial charge is 0.0749 e. The lowest BCUT2D eigenvalue weighted by Crippen LogP contribution is -1.81. The van der Waals surface area contributed by atoms with Crippen molar-refractivity contribution in [2.75, 3.05) is 0 Å². The SMILES string of the molecule is O/N=C\c1cncc(Cl)c1. The van der Waals surface area contributed by atoms with Gasteiger partial charge in [-0.25, -0.2) is 0 Å². The van der Waals surface area contributed by atoms with Crippen molar-refractivity contribution in [3.63, 3.8) is 0 Å². The molecule has 1 N–H and O–H groups in total. The summed E-state index contributed by atoms with van der Waals surface area (Å²) >= 11 is 5.57. The molecule has 0 saturated heterocycles. The lowest BCUT2D eigenvalue weighted by Gasteiger charge is -1.89. The first-order chi connectivity index (χ1) is 4.83. The molecule has 4 heteroatoms. The Hall–Kier alpha value is -1.09. The fourth-order valence-corrected chi connectivity index (χ4v) is 0.748. The largest absolute Gasteiger partial charge is 0.411 e. The second kappa shape index (κ2) is 3.17. The molecule has 0 fully saturated rings. The molecule has 0 amide bonds. The van der Waals surface area contributed by atoms with Crippen LogP contribution in [0.15, 0.2) is 23.6 Å². The quantitative estimate of drug-likeness (QED) is 0.381. The molecule has 0 saturated carbocycles. The number of rotatable bonds is 1. The van der Waals surface area contributed by atoms with Crippen molar-refractivity contribution in [1.82, 2.24) is 4.98 Å². The normalized spacial score (nSPS) is 10.5. The summed E-state index contributed by atoms with van der Waals surface area (Å²) in [4.78, 5) is 3.77. The van der Waals surface area contributed by atoms with E-state index in [1.807, 2.05) is 0 Å². The third-order valence-corrected chi connectivity index (χ3v) is 1.14. The highest BCUT2D eigenvalue weighted by Crippen LogP contribution is 2.05. The van der Waals surface area contributed by atoms with Crippen LogP contribution in [-0.2, 0) is 0 Å². The topological polar surface area (TPSA) is 45.5 Å². The molecule has 52 valence electrons. The monoisotopic (exact) mass is 156 g/mol. The van der Waals surface area contributed by atoms with Gasteiger partial charge in [-0.05, 0) is 6.07 Å². The van der Waals surface area contributed by atoms with Crippen LogP contribution in [0.25, 0.3) is 0 Å².